The summed E-state index contributed by atoms with van der Waals surface area (Å²) in [5, 5.41) is 7.37. The molecule has 0 radical (unpaired) electrons. The van der Waals surface area contributed by atoms with E-state index < -0.39 is 10.0 Å². The highest BCUT2D eigenvalue weighted by molar-refractivity contribution is 7.89. The maximum atomic E-state index is 12.6. The van der Waals surface area contributed by atoms with Gasteiger partial charge in [0.25, 0.3) is 5.91 Å². The number of rotatable bonds is 8. The zero-order valence-electron chi connectivity index (χ0n) is 18.3. The van der Waals surface area contributed by atoms with Crippen LogP contribution in [0, 0.1) is 20.8 Å². The van der Waals surface area contributed by atoms with Crippen LogP contribution >= 0.6 is 0 Å². The van der Waals surface area contributed by atoms with Gasteiger partial charge >= 0.3 is 0 Å². The van der Waals surface area contributed by atoms with E-state index in [9.17, 15) is 13.2 Å². The summed E-state index contributed by atoms with van der Waals surface area (Å²) in [7, 11) is -3.61. The van der Waals surface area contributed by atoms with Crippen molar-refractivity contribution in [2.45, 2.75) is 39.0 Å². The van der Waals surface area contributed by atoms with E-state index in [0.29, 0.717) is 18.5 Å². The molecule has 164 valence electrons. The van der Waals surface area contributed by atoms with Crippen molar-refractivity contribution in [2.24, 2.45) is 0 Å². The second kappa shape index (κ2) is 9.45. The van der Waals surface area contributed by atoms with Gasteiger partial charge in [-0.2, -0.15) is 5.10 Å². The Balaban J connectivity index is 1.63. The van der Waals surface area contributed by atoms with Crippen LogP contribution < -0.4 is 10.0 Å². The van der Waals surface area contributed by atoms with Gasteiger partial charge in [-0.15, -0.1) is 0 Å². The zero-order chi connectivity index (χ0) is 22.6. The van der Waals surface area contributed by atoms with Crippen molar-refractivity contribution in [3.63, 3.8) is 0 Å². The number of nitrogens with zero attached hydrogens (tertiary/aromatic N) is 2. The molecule has 0 aliphatic rings. The molecule has 0 spiro atoms. The zero-order valence-corrected chi connectivity index (χ0v) is 19.1. The van der Waals surface area contributed by atoms with E-state index in [1.165, 1.54) is 12.1 Å². The van der Waals surface area contributed by atoms with Gasteiger partial charge in [-0.1, -0.05) is 25.1 Å². The molecule has 0 aliphatic heterocycles. The number of aromatic nitrogens is 2. The van der Waals surface area contributed by atoms with Gasteiger partial charge in [0.15, 0.2) is 0 Å². The van der Waals surface area contributed by atoms with Crippen LogP contribution in [0.5, 0.6) is 0 Å². The fraction of sp³-hybridized carbons (Fsp3) is 0.304. The summed E-state index contributed by atoms with van der Waals surface area (Å²) < 4.78 is 28.8. The fourth-order valence-corrected chi connectivity index (χ4v) is 4.46. The largest absolute Gasteiger partial charge is 0.352 e. The molecule has 1 aromatic heterocycles. The van der Waals surface area contributed by atoms with Crippen molar-refractivity contribution in [1.82, 2.24) is 19.8 Å². The molecule has 3 aromatic rings. The number of nitrogens with one attached hydrogen (secondary N) is 2. The third-order valence-corrected chi connectivity index (χ3v) is 6.53. The normalized spacial score (nSPS) is 11.5. The van der Waals surface area contributed by atoms with Gasteiger partial charge in [-0.25, -0.2) is 17.8 Å². The van der Waals surface area contributed by atoms with Gasteiger partial charge in [0.05, 0.1) is 16.3 Å². The highest BCUT2D eigenvalue weighted by atomic mass is 32.2. The Hall–Kier alpha value is -2.97. The molecule has 0 bridgehead atoms. The molecule has 1 amide bonds. The van der Waals surface area contributed by atoms with E-state index in [-0.39, 0.29) is 17.3 Å². The van der Waals surface area contributed by atoms with E-state index >= 15 is 0 Å². The molecule has 0 aliphatic carbocycles. The van der Waals surface area contributed by atoms with Crippen molar-refractivity contribution in [3.8, 4) is 5.69 Å². The molecule has 2 N–H and O–H groups in total. The highest BCUT2D eigenvalue weighted by Crippen LogP contribution is 2.16. The third-order valence-electron chi connectivity index (χ3n) is 4.99. The first-order valence-corrected chi connectivity index (χ1v) is 11.7. The van der Waals surface area contributed by atoms with Crippen LogP contribution in [0.25, 0.3) is 5.69 Å². The molecular formula is C23H28N4O3S. The molecule has 0 saturated heterocycles. The molecule has 0 fully saturated rings. The molecule has 7 nitrogen and oxygen atoms in total. The van der Waals surface area contributed by atoms with E-state index in [0.717, 1.165) is 28.2 Å². The lowest BCUT2D eigenvalue weighted by Gasteiger charge is -2.11. The number of hydrogen-bond acceptors (Lipinski definition) is 4. The van der Waals surface area contributed by atoms with Gasteiger partial charge in [0, 0.05) is 24.3 Å². The first kappa shape index (κ1) is 22.7. The van der Waals surface area contributed by atoms with E-state index in [1.54, 1.807) is 19.9 Å². The minimum absolute atomic E-state index is 0.0878. The second-order valence-corrected chi connectivity index (χ2v) is 9.26. The summed E-state index contributed by atoms with van der Waals surface area (Å²) in [6.45, 7) is 8.22. The lowest BCUT2D eigenvalue weighted by Crippen LogP contribution is -2.27. The minimum Gasteiger partial charge on any atom is -0.352 e. The van der Waals surface area contributed by atoms with Crippen LogP contribution in [-0.4, -0.2) is 37.2 Å². The predicted molar refractivity (Wildman–Crippen MR) is 121 cm³/mol. The monoisotopic (exact) mass is 440 g/mol. The van der Waals surface area contributed by atoms with Gasteiger partial charge in [0.1, 0.15) is 0 Å². The minimum atomic E-state index is -3.61. The Bertz CT molecular complexity index is 1180. The Kier molecular flexibility index (Phi) is 6.92. The van der Waals surface area contributed by atoms with Gasteiger partial charge in [-0.05, 0) is 68.7 Å². The summed E-state index contributed by atoms with van der Waals surface area (Å²) in [5.74, 6) is -0.287. The quantitative estimate of drug-likeness (QED) is 0.563. The number of benzene rings is 2. The Morgan fingerprint density at radius 2 is 1.74 bits per heavy atom. The molecule has 0 saturated carbocycles. The molecule has 8 heteroatoms. The average Bonchev–Trinajstić information content (AvgIpc) is 3.06. The number of carbonyl (C=O) groups is 1. The fourth-order valence-electron chi connectivity index (χ4n) is 3.40. The third kappa shape index (κ3) is 5.39. The van der Waals surface area contributed by atoms with E-state index in [1.807, 2.05) is 48.9 Å². The number of aryl methyl sites for hydroxylation is 3. The molecule has 2 aromatic carbocycles. The SMILES string of the molecule is CCNS(=O)(=O)c1ccc(C)c(C(=O)NCCc2ccc(-n3nc(C)cc3C)cc2)c1. The summed E-state index contributed by atoms with van der Waals surface area (Å²) in [5.41, 5.74) is 5.22. The van der Waals surface area contributed by atoms with Gasteiger partial charge in [-0.3, -0.25) is 4.79 Å². The Morgan fingerprint density at radius 1 is 1.03 bits per heavy atom. The maximum absolute atomic E-state index is 12.6. The highest BCUT2D eigenvalue weighted by Gasteiger charge is 2.17. The first-order valence-electron chi connectivity index (χ1n) is 10.2. The topological polar surface area (TPSA) is 93.1 Å². The van der Waals surface area contributed by atoms with Crippen molar-refractivity contribution < 1.29 is 13.2 Å². The summed E-state index contributed by atoms with van der Waals surface area (Å²) in [6, 6.07) is 14.7. The molecule has 0 atom stereocenters. The lowest BCUT2D eigenvalue weighted by molar-refractivity contribution is 0.0953. The van der Waals surface area contributed by atoms with Gasteiger partial charge in [0.2, 0.25) is 10.0 Å². The molecule has 3 rings (SSSR count). The predicted octanol–water partition coefficient (Wildman–Crippen LogP) is 3.07. The molecule has 1 heterocycles. The van der Waals surface area contributed by atoms with Crippen molar-refractivity contribution in [1.29, 1.82) is 0 Å². The Morgan fingerprint density at radius 3 is 2.35 bits per heavy atom. The van der Waals surface area contributed by atoms with Crippen LogP contribution in [0.4, 0.5) is 0 Å². The molecular weight excluding hydrogens is 412 g/mol. The standard InChI is InChI=1S/C23H28N4O3S/c1-5-25-31(29,30)21-11-6-16(2)22(15-21)23(28)24-13-12-19-7-9-20(10-8-19)27-18(4)14-17(3)26-27/h6-11,14-15,25H,5,12-13H2,1-4H3,(H,24,28). The smallest absolute Gasteiger partial charge is 0.251 e. The van der Waals surface area contributed by atoms with Crippen LogP contribution in [0.3, 0.4) is 0 Å². The van der Waals surface area contributed by atoms with Gasteiger partial charge < -0.3 is 5.32 Å². The molecule has 31 heavy (non-hydrogen) atoms. The van der Waals surface area contributed by atoms with Crippen molar-refractivity contribution >= 4 is 15.9 Å². The molecule has 0 unspecified atom stereocenters. The Labute approximate surface area is 183 Å². The number of amides is 1. The van der Waals surface area contributed by atoms with Crippen LogP contribution in [0.1, 0.15) is 39.8 Å². The van der Waals surface area contributed by atoms with Crippen LogP contribution in [-0.2, 0) is 16.4 Å². The average molecular weight is 441 g/mol. The summed E-state index contributed by atoms with van der Waals surface area (Å²) in [4.78, 5) is 12.7. The number of hydrogen-bond donors (Lipinski definition) is 2. The summed E-state index contributed by atoms with van der Waals surface area (Å²) in [6.07, 6.45) is 0.664. The number of carbonyl (C=O) groups excluding carboxylic acids is 1. The maximum Gasteiger partial charge on any atom is 0.251 e. The van der Waals surface area contributed by atoms with Crippen LogP contribution in [0.2, 0.25) is 0 Å². The number of sulfonamides is 1. The van der Waals surface area contributed by atoms with E-state index in [4.69, 9.17) is 0 Å². The lowest BCUT2D eigenvalue weighted by atomic mass is 10.1. The first-order chi connectivity index (χ1) is 14.7. The van der Waals surface area contributed by atoms with E-state index in [2.05, 4.69) is 15.1 Å². The van der Waals surface area contributed by atoms with Crippen molar-refractivity contribution in [2.75, 3.05) is 13.1 Å². The van der Waals surface area contributed by atoms with Crippen molar-refractivity contribution in [3.05, 3.63) is 76.6 Å². The second-order valence-electron chi connectivity index (χ2n) is 7.49. The van der Waals surface area contributed by atoms with Crippen LogP contribution in [0.15, 0.2) is 53.4 Å². The summed E-state index contributed by atoms with van der Waals surface area (Å²) >= 11 is 0.